The minimum Gasteiger partial charge on any atom is -0.440 e. The number of hydrogen-bond donors (Lipinski definition) is 2. The molecule has 2 unspecified atom stereocenters. The number of benzene rings is 7. The van der Waals surface area contributed by atoms with Gasteiger partial charge in [0.2, 0.25) is 5.88 Å². The lowest BCUT2D eigenvalue weighted by Crippen LogP contribution is -2.33. The van der Waals surface area contributed by atoms with Crippen LogP contribution in [0.25, 0.3) is 49.4 Å². The number of anilines is 1. The van der Waals surface area contributed by atoms with E-state index in [4.69, 9.17) is 14.4 Å². The number of nitrogens with zero attached hydrogens (tertiary/aromatic N) is 2. The van der Waals surface area contributed by atoms with Crippen LogP contribution in [0.1, 0.15) is 40.0 Å². The number of amidine groups is 2. The van der Waals surface area contributed by atoms with Gasteiger partial charge < -0.3 is 15.1 Å². The molecule has 2 aliphatic rings. The third-order valence-corrected chi connectivity index (χ3v) is 9.75. The van der Waals surface area contributed by atoms with Gasteiger partial charge in [-0.15, -0.1) is 0 Å². The zero-order valence-corrected chi connectivity index (χ0v) is 26.5. The molecule has 0 fully saturated rings. The van der Waals surface area contributed by atoms with E-state index in [0.29, 0.717) is 5.84 Å². The average molecular weight is 631 g/mol. The van der Waals surface area contributed by atoms with Crippen molar-refractivity contribution in [2.75, 3.05) is 5.32 Å². The van der Waals surface area contributed by atoms with E-state index in [0.717, 1.165) is 44.9 Å². The number of nitrogens with one attached hydrogen (secondary N) is 2. The zero-order chi connectivity index (χ0) is 32.3. The molecule has 0 spiro atoms. The van der Waals surface area contributed by atoms with Gasteiger partial charge in [-0.3, -0.25) is 0 Å². The van der Waals surface area contributed by atoms with Crippen LogP contribution in [-0.4, -0.2) is 11.7 Å². The van der Waals surface area contributed by atoms with E-state index >= 15 is 0 Å². The number of furan rings is 1. The van der Waals surface area contributed by atoms with Gasteiger partial charge in [0.25, 0.3) is 0 Å². The summed E-state index contributed by atoms with van der Waals surface area (Å²) in [5.74, 6) is 2.21. The quantitative estimate of drug-likeness (QED) is 0.190. The molecule has 0 bridgehead atoms. The molecular weight excluding hydrogens is 601 g/mol. The van der Waals surface area contributed by atoms with Crippen LogP contribution in [0, 0.1) is 0 Å². The summed E-state index contributed by atoms with van der Waals surface area (Å²) in [4.78, 5) is 10.2. The Labute approximate surface area is 283 Å². The molecular formula is C44H30N4O. The van der Waals surface area contributed by atoms with Gasteiger partial charge in [0, 0.05) is 22.1 Å². The average Bonchev–Trinajstić information content (AvgIpc) is 3.56. The second-order valence-electron chi connectivity index (χ2n) is 12.6. The smallest absolute Gasteiger partial charge is 0.202 e. The van der Waals surface area contributed by atoms with E-state index in [2.05, 4.69) is 120 Å². The summed E-state index contributed by atoms with van der Waals surface area (Å²) in [6.45, 7) is 0. The molecule has 0 saturated carbocycles. The van der Waals surface area contributed by atoms with Gasteiger partial charge in [-0.2, -0.15) is 0 Å². The van der Waals surface area contributed by atoms with Crippen molar-refractivity contribution in [1.29, 1.82) is 0 Å². The summed E-state index contributed by atoms with van der Waals surface area (Å²) in [5, 5.41) is 15.8. The Morgan fingerprint density at radius 1 is 0.592 bits per heavy atom. The van der Waals surface area contributed by atoms with Gasteiger partial charge in [0.05, 0.1) is 6.04 Å². The molecule has 0 aliphatic carbocycles. The highest BCUT2D eigenvalue weighted by molar-refractivity contribution is 6.21. The number of fused-ring (bicyclic) bond motifs is 8. The molecule has 10 rings (SSSR count). The molecule has 3 heterocycles. The second-order valence-corrected chi connectivity index (χ2v) is 12.6. The van der Waals surface area contributed by atoms with Crippen molar-refractivity contribution in [3.8, 4) is 0 Å². The Hall–Kier alpha value is -6.46. The van der Waals surface area contributed by atoms with Crippen molar-refractivity contribution >= 4 is 66.9 Å². The Morgan fingerprint density at radius 3 is 2.18 bits per heavy atom. The molecule has 0 saturated heterocycles. The predicted octanol–water partition coefficient (Wildman–Crippen LogP) is 10.6. The van der Waals surface area contributed by atoms with Crippen LogP contribution < -0.4 is 10.6 Å². The van der Waals surface area contributed by atoms with Crippen LogP contribution in [0.2, 0.25) is 0 Å². The summed E-state index contributed by atoms with van der Waals surface area (Å²) >= 11 is 0. The lowest BCUT2D eigenvalue weighted by atomic mass is 9.89. The van der Waals surface area contributed by atoms with Crippen molar-refractivity contribution in [3.63, 3.8) is 0 Å². The van der Waals surface area contributed by atoms with Crippen LogP contribution in [0.5, 0.6) is 0 Å². The van der Waals surface area contributed by atoms with Crippen LogP contribution in [0.4, 0.5) is 5.88 Å². The maximum Gasteiger partial charge on any atom is 0.202 e. The summed E-state index contributed by atoms with van der Waals surface area (Å²) in [5.41, 5.74) is 6.04. The number of aliphatic imine (C=N–C) groups is 2. The second kappa shape index (κ2) is 11.1. The van der Waals surface area contributed by atoms with Gasteiger partial charge in [-0.25, -0.2) is 9.98 Å². The van der Waals surface area contributed by atoms with E-state index in [-0.39, 0.29) is 12.2 Å². The molecule has 1 aromatic heterocycles. The van der Waals surface area contributed by atoms with Crippen molar-refractivity contribution in [2.45, 2.75) is 12.2 Å². The minimum absolute atomic E-state index is 0.0707. The maximum absolute atomic E-state index is 6.57. The predicted molar refractivity (Wildman–Crippen MR) is 202 cm³/mol. The van der Waals surface area contributed by atoms with Crippen molar-refractivity contribution in [2.24, 2.45) is 9.98 Å². The molecule has 5 heteroatoms. The standard InChI is InChI=1S/C44H30N4O/c1-3-13-28(14-4-1)41-46-42(29-15-5-2-6-16-29)48-43(47-41)34-20-11-21-38-40(34)35-24-25-37(45-44(35)49-38)36-26-30-23-22-27-12-7-8-17-31(27)39(30)33-19-10-9-18-32(33)36/h1-26,37,41,45H,(H,46,47,48). The van der Waals surface area contributed by atoms with Gasteiger partial charge in [0.1, 0.15) is 17.6 Å². The Morgan fingerprint density at radius 2 is 1.33 bits per heavy atom. The van der Waals surface area contributed by atoms with Crippen molar-refractivity contribution in [3.05, 3.63) is 179 Å². The van der Waals surface area contributed by atoms with Crippen LogP contribution in [-0.2, 0) is 0 Å². The summed E-state index contributed by atoms with van der Waals surface area (Å²) in [7, 11) is 0. The lowest BCUT2D eigenvalue weighted by molar-refractivity contribution is 0.619. The van der Waals surface area contributed by atoms with E-state index in [9.17, 15) is 0 Å². The van der Waals surface area contributed by atoms with Gasteiger partial charge in [0.15, 0.2) is 5.84 Å². The Kier molecular flexibility index (Phi) is 6.24. The van der Waals surface area contributed by atoms with E-state index in [1.165, 1.54) is 37.9 Å². The molecule has 232 valence electrons. The monoisotopic (exact) mass is 630 g/mol. The number of hydrogen-bond acceptors (Lipinski definition) is 5. The highest BCUT2D eigenvalue weighted by Crippen LogP contribution is 2.43. The lowest BCUT2D eigenvalue weighted by Gasteiger charge is -2.24. The molecule has 8 aromatic rings. The molecule has 0 radical (unpaired) electrons. The minimum atomic E-state index is -0.279. The Balaban J connectivity index is 1.10. The third kappa shape index (κ3) is 4.54. The molecule has 2 atom stereocenters. The molecule has 5 nitrogen and oxygen atoms in total. The van der Waals surface area contributed by atoms with Crippen LogP contribution >= 0.6 is 0 Å². The van der Waals surface area contributed by atoms with Crippen molar-refractivity contribution < 1.29 is 4.42 Å². The van der Waals surface area contributed by atoms with Gasteiger partial charge in [-0.1, -0.05) is 146 Å². The van der Waals surface area contributed by atoms with Crippen LogP contribution in [0.15, 0.2) is 166 Å². The molecule has 2 N–H and O–H groups in total. The SMILES string of the molecule is C1=CC(c2cc3ccc4ccccc4c3c3ccccc23)Nc2oc3cccc(C4=NC(c5ccccc5)NC(c5ccccc5)=N4)c3c21. The largest absolute Gasteiger partial charge is 0.440 e. The topological polar surface area (TPSA) is 61.9 Å². The normalized spacial score (nSPS) is 17.1. The van der Waals surface area contributed by atoms with Gasteiger partial charge in [-0.05, 0) is 55.6 Å². The maximum atomic E-state index is 6.57. The first-order chi connectivity index (χ1) is 24.3. The van der Waals surface area contributed by atoms with Crippen molar-refractivity contribution in [1.82, 2.24) is 5.32 Å². The summed E-state index contributed by atoms with van der Waals surface area (Å²) in [6, 6.07) is 50.8. The molecule has 7 aromatic carbocycles. The first-order valence-electron chi connectivity index (χ1n) is 16.7. The Bertz CT molecular complexity index is 2670. The van der Waals surface area contributed by atoms with E-state index in [1.54, 1.807) is 0 Å². The third-order valence-electron chi connectivity index (χ3n) is 9.75. The summed E-state index contributed by atoms with van der Waals surface area (Å²) in [6.07, 6.45) is 4.17. The highest BCUT2D eigenvalue weighted by atomic mass is 16.4. The van der Waals surface area contributed by atoms with Crippen LogP contribution in [0.3, 0.4) is 0 Å². The first kappa shape index (κ1) is 27.6. The molecule has 2 aliphatic heterocycles. The molecule has 0 amide bonds. The fraction of sp³-hybridized carbons (Fsp3) is 0.0455. The van der Waals surface area contributed by atoms with E-state index in [1.807, 2.05) is 48.5 Å². The number of rotatable bonds is 4. The zero-order valence-electron chi connectivity index (χ0n) is 26.5. The van der Waals surface area contributed by atoms with E-state index < -0.39 is 0 Å². The highest BCUT2D eigenvalue weighted by Gasteiger charge is 2.27. The fourth-order valence-electron chi connectivity index (χ4n) is 7.47. The molecule has 49 heavy (non-hydrogen) atoms. The van der Waals surface area contributed by atoms with Gasteiger partial charge >= 0.3 is 0 Å². The first-order valence-corrected chi connectivity index (χ1v) is 16.7. The fourth-order valence-corrected chi connectivity index (χ4v) is 7.47. The summed E-state index contributed by atoms with van der Waals surface area (Å²) < 4.78 is 6.57.